The lowest BCUT2D eigenvalue weighted by atomic mass is 9.97. The minimum atomic E-state index is -0.166. The van der Waals surface area contributed by atoms with Crippen molar-refractivity contribution in [3.63, 3.8) is 0 Å². The van der Waals surface area contributed by atoms with Crippen LogP contribution in [0.3, 0.4) is 0 Å². The molecule has 0 saturated heterocycles. The van der Waals surface area contributed by atoms with Crippen LogP contribution in [0, 0.1) is 6.92 Å². The Bertz CT molecular complexity index is 1480. The van der Waals surface area contributed by atoms with Crippen LogP contribution in [0.5, 0.6) is 5.75 Å². The first-order valence-electron chi connectivity index (χ1n) is 11.3. The summed E-state index contributed by atoms with van der Waals surface area (Å²) in [4.78, 5) is 33.5. The molecule has 0 saturated carbocycles. The molecule has 180 valence electrons. The van der Waals surface area contributed by atoms with Crippen molar-refractivity contribution >= 4 is 60.8 Å². The molecule has 1 aliphatic rings. The lowest BCUT2D eigenvalue weighted by molar-refractivity contribution is -0.113. The highest BCUT2D eigenvalue weighted by Crippen LogP contribution is 2.35. The molecule has 6 nitrogen and oxygen atoms in total. The van der Waals surface area contributed by atoms with E-state index in [2.05, 4.69) is 21.2 Å². The van der Waals surface area contributed by atoms with Crippen molar-refractivity contribution < 1.29 is 9.53 Å². The summed E-state index contributed by atoms with van der Waals surface area (Å²) in [5.74, 6) is 0.668. The van der Waals surface area contributed by atoms with Gasteiger partial charge in [-0.2, -0.15) is 0 Å². The summed E-state index contributed by atoms with van der Waals surface area (Å²) in [6.07, 6.45) is 4.14. The number of benzene rings is 2. The largest absolute Gasteiger partial charge is 0.497 e. The molecule has 5 rings (SSSR count). The molecule has 2 aromatic heterocycles. The molecule has 0 spiro atoms. The second kappa shape index (κ2) is 10.2. The minimum Gasteiger partial charge on any atom is -0.497 e. The Morgan fingerprint density at radius 2 is 1.97 bits per heavy atom. The Kier molecular flexibility index (Phi) is 7.00. The number of hydrogen-bond donors (Lipinski definition) is 1. The Labute approximate surface area is 219 Å². The molecule has 2 heterocycles. The molecule has 0 unspecified atom stereocenters. The van der Waals surface area contributed by atoms with E-state index in [0.717, 1.165) is 51.5 Å². The summed E-state index contributed by atoms with van der Waals surface area (Å²) in [7, 11) is 1.61. The predicted octanol–water partition coefficient (Wildman–Crippen LogP) is 6.14. The number of thiophene rings is 1. The molecule has 0 radical (unpaired) electrons. The molecule has 2 aromatic carbocycles. The van der Waals surface area contributed by atoms with Crippen LogP contribution in [0.4, 0.5) is 5.69 Å². The number of anilines is 1. The minimum absolute atomic E-state index is 0.0799. The fraction of sp³-hybridized carbons (Fsp3) is 0.269. The van der Waals surface area contributed by atoms with E-state index in [0.29, 0.717) is 22.3 Å². The van der Waals surface area contributed by atoms with E-state index in [9.17, 15) is 9.59 Å². The molecule has 1 N–H and O–H groups in total. The number of aryl methyl sites for hydroxylation is 3. The van der Waals surface area contributed by atoms with Gasteiger partial charge in [-0.3, -0.25) is 14.2 Å². The van der Waals surface area contributed by atoms with Gasteiger partial charge in [0.1, 0.15) is 10.6 Å². The van der Waals surface area contributed by atoms with E-state index in [1.807, 2.05) is 49.4 Å². The van der Waals surface area contributed by atoms with E-state index >= 15 is 0 Å². The molecule has 0 aliphatic heterocycles. The number of hydrogen-bond acceptors (Lipinski definition) is 6. The summed E-state index contributed by atoms with van der Waals surface area (Å²) in [5.41, 5.74) is 3.58. The van der Waals surface area contributed by atoms with Crippen molar-refractivity contribution in [1.29, 1.82) is 0 Å². The van der Waals surface area contributed by atoms with Crippen LogP contribution in [0.2, 0.25) is 0 Å². The van der Waals surface area contributed by atoms with Crippen molar-refractivity contribution in [2.45, 2.75) is 37.8 Å². The zero-order chi connectivity index (χ0) is 24.5. The van der Waals surface area contributed by atoms with Gasteiger partial charge in [0.2, 0.25) is 5.91 Å². The highest BCUT2D eigenvalue weighted by molar-refractivity contribution is 9.10. The zero-order valence-electron chi connectivity index (χ0n) is 19.4. The van der Waals surface area contributed by atoms with Crippen molar-refractivity contribution in [2.24, 2.45) is 0 Å². The molecule has 0 atom stereocenters. The summed E-state index contributed by atoms with van der Waals surface area (Å²) in [5, 5.41) is 4.16. The molecule has 9 heteroatoms. The maximum Gasteiger partial charge on any atom is 0.267 e. The van der Waals surface area contributed by atoms with Crippen LogP contribution in [0.15, 0.2) is 56.9 Å². The van der Waals surface area contributed by atoms with Crippen LogP contribution >= 0.6 is 39.0 Å². The van der Waals surface area contributed by atoms with Crippen molar-refractivity contribution in [3.8, 4) is 11.4 Å². The number of halogens is 1. The maximum atomic E-state index is 13.8. The number of methoxy groups -OCH3 is 1. The van der Waals surface area contributed by atoms with Crippen LogP contribution in [-0.2, 0) is 17.6 Å². The van der Waals surface area contributed by atoms with Gasteiger partial charge in [0, 0.05) is 9.35 Å². The molecule has 0 bridgehead atoms. The van der Waals surface area contributed by atoms with Crippen molar-refractivity contribution in [2.75, 3.05) is 18.2 Å². The lowest BCUT2D eigenvalue weighted by Gasteiger charge is -2.14. The molecule has 1 amide bonds. The number of aromatic nitrogens is 2. The average molecular weight is 571 g/mol. The molecular weight excluding hydrogens is 546 g/mol. The number of nitrogens with one attached hydrogen (secondary N) is 1. The summed E-state index contributed by atoms with van der Waals surface area (Å²) in [6, 6.07) is 13.1. The zero-order valence-corrected chi connectivity index (χ0v) is 22.6. The van der Waals surface area contributed by atoms with E-state index in [1.54, 1.807) is 23.0 Å². The number of amides is 1. The Morgan fingerprint density at radius 1 is 1.20 bits per heavy atom. The second-order valence-electron chi connectivity index (χ2n) is 8.44. The van der Waals surface area contributed by atoms with Crippen molar-refractivity contribution in [1.82, 2.24) is 9.55 Å². The Morgan fingerprint density at radius 3 is 2.71 bits per heavy atom. The second-order valence-corrected chi connectivity index (χ2v) is 11.3. The molecule has 35 heavy (non-hydrogen) atoms. The van der Waals surface area contributed by atoms with Crippen LogP contribution in [0.25, 0.3) is 15.9 Å². The first kappa shape index (κ1) is 24.1. The molecular formula is C26H24BrN3O3S2. The monoisotopic (exact) mass is 569 g/mol. The summed E-state index contributed by atoms with van der Waals surface area (Å²) >= 11 is 6.38. The standard InChI is InChI=1S/C26H24BrN3O3S2/c1-15-7-12-20(19(27)13-15)28-22(31)14-34-26-29-24-23(18-5-3-4-6-21(18)35-24)25(32)30(26)16-8-10-17(33-2)11-9-16/h7-13H,3-6,14H2,1-2H3,(H,28,31). The normalized spacial score (nSPS) is 13.0. The van der Waals surface area contributed by atoms with Crippen LogP contribution < -0.4 is 15.6 Å². The topological polar surface area (TPSA) is 73.2 Å². The number of ether oxygens (including phenoxy) is 1. The van der Waals surface area contributed by atoms with E-state index in [4.69, 9.17) is 9.72 Å². The molecule has 0 fully saturated rings. The number of nitrogens with zero attached hydrogens (tertiary/aromatic N) is 2. The van der Waals surface area contributed by atoms with E-state index in [-0.39, 0.29) is 17.2 Å². The number of carbonyl (C=O) groups excluding carboxylic acids is 1. The highest BCUT2D eigenvalue weighted by Gasteiger charge is 2.23. The van der Waals surface area contributed by atoms with Gasteiger partial charge in [-0.15, -0.1) is 11.3 Å². The third-order valence-corrected chi connectivity index (χ3v) is 8.80. The maximum absolute atomic E-state index is 13.8. The van der Waals surface area contributed by atoms with Gasteiger partial charge < -0.3 is 10.1 Å². The average Bonchev–Trinajstić information content (AvgIpc) is 3.23. The van der Waals surface area contributed by atoms with Gasteiger partial charge in [0.15, 0.2) is 5.16 Å². The summed E-state index contributed by atoms with van der Waals surface area (Å²) in [6.45, 7) is 1.99. The van der Waals surface area contributed by atoms with Gasteiger partial charge in [-0.1, -0.05) is 17.8 Å². The third kappa shape index (κ3) is 4.90. The quantitative estimate of drug-likeness (QED) is 0.223. The Balaban J connectivity index is 1.51. The van der Waals surface area contributed by atoms with Crippen LogP contribution in [0.1, 0.15) is 28.8 Å². The fourth-order valence-corrected chi connectivity index (χ4v) is 6.99. The fourth-order valence-electron chi connectivity index (χ4n) is 4.28. The number of thioether (sulfide) groups is 1. The first-order chi connectivity index (χ1) is 16.9. The van der Waals surface area contributed by atoms with Gasteiger partial charge in [-0.25, -0.2) is 4.98 Å². The Hall–Kier alpha value is -2.62. The SMILES string of the molecule is COc1ccc(-n2c(SCC(=O)Nc3ccc(C)cc3Br)nc3sc4c(c3c2=O)CCCC4)cc1. The van der Waals surface area contributed by atoms with Gasteiger partial charge in [0.25, 0.3) is 5.56 Å². The molecule has 4 aromatic rings. The van der Waals surface area contributed by atoms with Crippen LogP contribution in [-0.4, -0.2) is 28.3 Å². The first-order valence-corrected chi connectivity index (χ1v) is 13.9. The number of carbonyl (C=O) groups is 1. The molecule has 1 aliphatic carbocycles. The highest BCUT2D eigenvalue weighted by atomic mass is 79.9. The van der Waals surface area contributed by atoms with E-state index < -0.39 is 0 Å². The van der Waals surface area contributed by atoms with E-state index in [1.165, 1.54) is 16.6 Å². The number of fused-ring (bicyclic) bond motifs is 3. The smallest absolute Gasteiger partial charge is 0.267 e. The van der Waals surface area contributed by atoms with Gasteiger partial charge in [0.05, 0.1) is 29.6 Å². The number of rotatable bonds is 6. The van der Waals surface area contributed by atoms with Crippen molar-refractivity contribution in [3.05, 3.63) is 73.3 Å². The summed E-state index contributed by atoms with van der Waals surface area (Å²) < 4.78 is 7.74. The van der Waals surface area contributed by atoms with Gasteiger partial charge >= 0.3 is 0 Å². The van der Waals surface area contributed by atoms with Gasteiger partial charge in [-0.05, 0) is 96.1 Å². The predicted molar refractivity (Wildman–Crippen MR) is 147 cm³/mol. The third-order valence-electron chi connectivity index (χ3n) is 6.02. The lowest BCUT2D eigenvalue weighted by Crippen LogP contribution is -2.23.